The van der Waals surface area contributed by atoms with Gasteiger partial charge in [0, 0.05) is 21.2 Å². The molecule has 17 heteroatoms. The van der Waals surface area contributed by atoms with E-state index in [-0.39, 0.29) is 72.2 Å². The molecule has 0 bridgehead atoms. The third-order valence-corrected chi connectivity index (χ3v) is 6.08. The van der Waals surface area contributed by atoms with Crippen molar-refractivity contribution in [3.63, 3.8) is 0 Å². The fourth-order valence-corrected chi connectivity index (χ4v) is 3.59. The molecule has 2 heterocycles. The summed E-state index contributed by atoms with van der Waals surface area (Å²) in [6.07, 6.45) is 0.428. The van der Waals surface area contributed by atoms with Crippen molar-refractivity contribution in [2.45, 2.75) is 14.9 Å². The minimum absolute atomic E-state index is 0. The molecule has 0 unspecified atom stereocenters. The van der Waals surface area contributed by atoms with Crippen molar-refractivity contribution < 1.29 is 73.7 Å². The Morgan fingerprint density at radius 1 is 0.791 bits per heavy atom. The summed E-state index contributed by atoms with van der Waals surface area (Å²) in [6.45, 7) is 0. The third kappa shape index (κ3) is 11.0. The molecular formula is C26H22Cl5F2N4NaO5. The van der Waals surface area contributed by atoms with Gasteiger partial charge in [0.05, 0.1) is 32.7 Å². The van der Waals surface area contributed by atoms with E-state index in [4.69, 9.17) is 72.3 Å². The predicted octanol–water partition coefficient (Wildman–Crippen LogP) is 2.96. The fraction of sp³-hybridized carbons (Fsp3) is 0.0769. The number of carbonyl (C=O) groups excluding carboxylic acids is 1. The van der Waals surface area contributed by atoms with E-state index in [1.807, 2.05) is 0 Å². The summed E-state index contributed by atoms with van der Waals surface area (Å²) >= 11 is 22.4. The monoisotopic (exact) mass is 706 g/mol. The van der Waals surface area contributed by atoms with Crippen LogP contribution in [0.2, 0.25) is 20.1 Å². The number of carboxylic acids is 1. The number of nitrogens with two attached hydrogens (primary N) is 2. The van der Waals surface area contributed by atoms with Gasteiger partial charge in [0.25, 0.3) is 0 Å². The molecule has 0 aliphatic rings. The largest absolute Gasteiger partial charge is 1.00 e. The summed E-state index contributed by atoms with van der Waals surface area (Å²) in [5, 5.41) is 9.33. The molecule has 43 heavy (non-hydrogen) atoms. The standard InChI is InChI=1S/C12H7Cl2FN2O2.C12H7Cl2FN2O.2CH4.ClO2.Na/c13-6-3-1-5(2-4-6)10-8(15)9(16)7(14)11(17-10)12(18)19;13-7-3-1-6(2-4-7)12-10(15)11(16)9(14)8(5-18)17-12;;;2-1-3;/h1-4H,(H2,16,17)(H,18,19);1-5H,(H2,16,17);2*1H4;;/q;;;;-1;+1. The quantitative estimate of drug-likeness (QED) is 0.212. The zero-order chi connectivity index (χ0) is 30.1. The van der Waals surface area contributed by atoms with Crippen molar-refractivity contribution >= 4 is 70.0 Å². The number of nitrogen functional groups attached to an aromatic ring is 2. The summed E-state index contributed by atoms with van der Waals surface area (Å²) < 4.78 is 44.4. The number of halogens is 7. The van der Waals surface area contributed by atoms with Gasteiger partial charge in [-0.1, -0.05) is 85.5 Å². The van der Waals surface area contributed by atoms with Crippen LogP contribution in [0.1, 0.15) is 35.8 Å². The molecule has 9 nitrogen and oxygen atoms in total. The first kappa shape index (κ1) is 42.8. The summed E-state index contributed by atoms with van der Waals surface area (Å²) in [5.74, 6) is -3.00. The van der Waals surface area contributed by atoms with Gasteiger partial charge in [-0.2, -0.15) is 0 Å². The molecule has 5 N–H and O–H groups in total. The van der Waals surface area contributed by atoms with Crippen LogP contribution in [0.5, 0.6) is 0 Å². The Bertz CT molecular complexity index is 1540. The average Bonchev–Trinajstić information content (AvgIpc) is 2.93. The number of anilines is 2. The molecule has 2 aromatic carbocycles. The van der Waals surface area contributed by atoms with Crippen LogP contribution in [-0.4, -0.2) is 27.3 Å². The number of pyridine rings is 2. The van der Waals surface area contributed by atoms with E-state index in [9.17, 15) is 18.4 Å². The molecule has 0 spiro atoms. The van der Waals surface area contributed by atoms with E-state index in [0.717, 1.165) is 0 Å². The minimum Gasteiger partial charge on any atom is -0.544 e. The van der Waals surface area contributed by atoms with E-state index < -0.39 is 45.3 Å². The first-order chi connectivity index (χ1) is 18.9. The van der Waals surface area contributed by atoms with E-state index in [1.54, 1.807) is 24.3 Å². The van der Waals surface area contributed by atoms with Gasteiger partial charge in [0.1, 0.15) is 17.1 Å². The van der Waals surface area contributed by atoms with E-state index in [1.165, 1.54) is 24.3 Å². The maximum Gasteiger partial charge on any atom is 1.00 e. The van der Waals surface area contributed by atoms with Gasteiger partial charge in [-0.15, -0.1) is 0 Å². The van der Waals surface area contributed by atoms with Crippen molar-refractivity contribution in [3.8, 4) is 22.5 Å². The number of hydrogen-bond donors (Lipinski definition) is 3. The number of aromatic nitrogens is 2. The summed E-state index contributed by atoms with van der Waals surface area (Å²) in [6, 6.07) is 12.4. The third-order valence-electron chi connectivity index (χ3n) is 4.80. The number of carboxylic acid groups (broad SMARTS) is 1. The van der Waals surface area contributed by atoms with E-state index >= 15 is 0 Å². The number of carbonyl (C=O) groups is 2. The van der Waals surface area contributed by atoms with Gasteiger partial charge in [0.2, 0.25) is 0 Å². The Kier molecular flexibility index (Phi) is 19.8. The molecule has 0 fully saturated rings. The summed E-state index contributed by atoms with van der Waals surface area (Å²) in [7, 11) is 0. The van der Waals surface area contributed by atoms with Crippen molar-refractivity contribution in [1.82, 2.24) is 9.97 Å². The van der Waals surface area contributed by atoms with Crippen LogP contribution in [0.3, 0.4) is 0 Å². The number of nitrogens with zero attached hydrogens (tertiary/aromatic N) is 2. The Balaban J connectivity index is 0. The molecule has 0 saturated heterocycles. The molecule has 0 saturated carbocycles. The van der Waals surface area contributed by atoms with Crippen LogP contribution in [0.25, 0.3) is 22.5 Å². The second-order valence-electron chi connectivity index (χ2n) is 7.24. The van der Waals surface area contributed by atoms with Crippen molar-refractivity contribution in [2.75, 3.05) is 11.5 Å². The molecule has 0 radical (unpaired) electrons. The van der Waals surface area contributed by atoms with Gasteiger partial charge in [0.15, 0.2) is 23.6 Å². The van der Waals surface area contributed by atoms with Crippen molar-refractivity contribution in [1.29, 1.82) is 0 Å². The summed E-state index contributed by atoms with van der Waals surface area (Å²) in [4.78, 5) is 29.3. The number of rotatable bonds is 4. The fourth-order valence-electron chi connectivity index (χ4n) is 2.96. The van der Waals surface area contributed by atoms with Crippen LogP contribution < -0.4 is 50.3 Å². The Labute approximate surface area is 292 Å². The predicted molar refractivity (Wildman–Crippen MR) is 154 cm³/mol. The van der Waals surface area contributed by atoms with Crippen LogP contribution in [0, 0.1) is 23.0 Å². The molecule has 226 valence electrons. The van der Waals surface area contributed by atoms with Gasteiger partial charge in [-0.25, -0.2) is 23.5 Å². The number of hydrogen-bond acceptors (Lipinski definition) is 8. The van der Waals surface area contributed by atoms with Gasteiger partial charge in [-0.05, 0) is 24.3 Å². The maximum absolute atomic E-state index is 14.0. The molecule has 0 aliphatic carbocycles. The van der Waals surface area contributed by atoms with Crippen LogP contribution in [0.4, 0.5) is 20.2 Å². The summed E-state index contributed by atoms with van der Waals surface area (Å²) in [5.41, 5.74) is 10.2. The second kappa shape index (κ2) is 19.9. The molecular weight excluding hydrogens is 687 g/mol. The number of benzene rings is 2. The molecule has 0 amide bonds. The smallest absolute Gasteiger partial charge is 0.544 e. The van der Waals surface area contributed by atoms with Crippen LogP contribution in [-0.2, 0) is 0 Å². The van der Waals surface area contributed by atoms with E-state index in [0.29, 0.717) is 27.5 Å². The van der Waals surface area contributed by atoms with Crippen LogP contribution in [0.15, 0.2) is 48.5 Å². The van der Waals surface area contributed by atoms with Crippen LogP contribution >= 0.6 is 46.4 Å². The Hall–Kier alpha value is -2.29. The number of aromatic carboxylic acids is 1. The van der Waals surface area contributed by atoms with Gasteiger partial charge < -0.3 is 25.9 Å². The Morgan fingerprint density at radius 2 is 1.14 bits per heavy atom. The van der Waals surface area contributed by atoms with Gasteiger partial charge >= 0.3 is 35.5 Å². The zero-order valence-electron chi connectivity index (χ0n) is 20.5. The first-order valence-electron chi connectivity index (χ1n) is 10.3. The maximum atomic E-state index is 14.0. The van der Waals surface area contributed by atoms with Crippen molar-refractivity contribution in [3.05, 3.63) is 91.6 Å². The van der Waals surface area contributed by atoms with E-state index in [2.05, 4.69) is 9.97 Å². The SMILES string of the molecule is C.C.Nc1c(F)c(-c2ccc(Cl)cc2)nc(C(=O)O)c1Cl.Nc1c(F)c(-c2ccc(Cl)cc2)nc(C=O)c1Cl.[Na+].[O-][Cl+][O-]. The second-order valence-corrected chi connectivity index (χ2v) is 8.99. The average molecular weight is 709 g/mol. The molecule has 4 aromatic rings. The molecule has 4 rings (SSSR count). The molecule has 0 aliphatic heterocycles. The normalized spacial score (nSPS) is 9.40. The topological polar surface area (TPSA) is 178 Å². The molecule has 0 atom stereocenters. The first-order valence-corrected chi connectivity index (χ1v) is 12.4. The zero-order valence-corrected chi connectivity index (χ0v) is 26.3. The minimum atomic E-state index is -1.38. The van der Waals surface area contributed by atoms with Crippen molar-refractivity contribution in [2.24, 2.45) is 0 Å². The number of aldehydes is 1. The molecule has 2 aromatic heterocycles. The Morgan fingerprint density at radius 3 is 1.49 bits per heavy atom. The van der Waals surface area contributed by atoms with Gasteiger partial charge in [-0.3, -0.25) is 4.79 Å².